The van der Waals surface area contributed by atoms with Gasteiger partial charge in [0.2, 0.25) is 5.91 Å². The molecule has 0 aliphatic heterocycles. The predicted molar refractivity (Wildman–Crippen MR) is 241 cm³/mol. The highest BCUT2D eigenvalue weighted by atomic mass is 16.5. The van der Waals surface area contributed by atoms with E-state index in [1.807, 2.05) is 6.08 Å². The van der Waals surface area contributed by atoms with Gasteiger partial charge in [-0.15, -0.1) is 0 Å². The van der Waals surface area contributed by atoms with Crippen LogP contribution in [0.15, 0.2) is 36.5 Å². The van der Waals surface area contributed by atoms with E-state index in [0.717, 1.165) is 70.6 Å². The maximum Gasteiger partial charge on any atom is 0.305 e. The first kappa shape index (κ1) is 54.1. The summed E-state index contributed by atoms with van der Waals surface area (Å²) in [5.41, 5.74) is 0. The first-order valence-electron chi connectivity index (χ1n) is 24.3. The van der Waals surface area contributed by atoms with E-state index in [9.17, 15) is 19.8 Å². The predicted octanol–water partition coefficient (Wildman–Crippen LogP) is 14.1. The van der Waals surface area contributed by atoms with Gasteiger partial charge in [0, 0.05) is 12.8 Å². The quantitative estimate of drug-likeness (QED) is 0.0325. The van der Waals surface area contributed by atoms with Gasteiger partial charge < -0.3 is 20.3 Å². The summed E-state index contributed by atoms with van der Waals surface area (Å²) in [6, 6.07) is -0.646. The van der Waals surface area contributed by atoms with Gasteiger partial charge >= 0.3 is 5.97 Å². The van der Waals surface area contributed by atoms with Crippen LogP contribution >= 0.6 is 0 Å². The summed E-state index contributed by atoms with van der Waals surface area (Å²) < 4.78 is 5.45. The number of amides is 1. The lowest BCUT2D eigenvalue weighted by Gasteiger charge is -2.19. The summed E-state index contributed by atoms with van der Waals surface area (Å²) in [6.45, 7) is 4.81. The van der Waals surface area contributed by atoms with Gasteiger partial charge in [-0.2, -0.15) is 0 Å². The fourth-order valence-corrected chi connectivity index (χ4v) is 7.09. The summed E-state index contributed by atoms with van der Waals surface area (Å²) in [7, 11) is 0. The highest BCUT2D eigenvalue weighted by Crippen LogP contribution is 2.14. The monoisotopic (exact) mass is 788 g/mol. The lowest BCUT2D eigenvalue weighted by atomic mass is 10.1. The Kier molecular flexibility index (Phi) is 44.2. The molecule has 0 aliphatic rings. The largest absolute Gasteiger partial charge is 0.466 e. The van der Waals surface area contributed by atoms with Crippen LogP contribution in [0.25, 0.3) is 0 Å². The molecule has 0 bridgehead atoms. The zero-order chi connectivity index (χ0) is 40.8. The van der Waals surface area contributed by atoms with Gasteiger partial charge in [-0.1, -0.05) is 185 Å². The standard InChI is InChI=1S/C50H93NO5/c1-3-5-7-9-11-13-14-15-16-17-18-21-24-28-32-36-40-44-50(55)56-45-41-37-33-29-25-22-19-20-23-27-31-35-39-43-49(54)51-47(46-52)48(53)42-38-34-30-26-12-10-8-6-4-2/h15-16,20,23,38,42,47-48,52-53H,3-14,17-19,21-22,24-37,39-41,43-46H2,1-2H3,(H,51,54)/b16-15-,23-20-,42-38+. The molecule has 2 unspecified atom stereocenters. The first-order valence-corrected chi connectivity index (χ1v) is 24.3. The molecule has 0 spiro atoms. The van der Waals surface area contributed by atoms with Crippen molar-refractivity contribution in [1.82, 2.24) is 5.32 Å². The SMILES string of the molecule is CCCCCCCC/C=C\CCCCCCCCCC(=O)OCCCCCCCC/C=C\CCCCCC(=O)NC(CO)C(O)/C=C/CCCCCCCCC. The van der Waals surface area contributed by atoms with Gasteiger partial charge in [-0.05, 0) is 83.5 Å². The molecule has 6 nitrogen and oxygen atoms in total. The molecule has 328 valence electrons. The van der Waals surface area contributed by atoms with E-state index in [2.05, 4.69) is 43.5 Å². The van der Waals surface area contributed by atoms with Crippen LogP contribution < -0.4 is 5.32 Å². The second kappa shape index (κ2) is 45.8. The molecule has 56 heavy (non-hydrogen) atoms. The van der Waals surface area contributed by atoms with Gasteiger partial charge in [-0.3, -0.25) is 9.59 Å². The van der Waals surface area contributed by atoms with Gasteiger partial charge in [0.15, 0.2) is 0 Å². The van der Waals surface area contributed by atoms with Crippen molar-refractivity contribution in [2.45, 2.75) is 257 Å². The third-order valence-corrected chi connectivity index (χ3v) is 10.9. The van der Waals surface area contributed by atoms with Crippen LogP contribution in [0.2, 0.25) is 0 Å². The van der Waals surface area contributed by atoms with Crippen molar-refractivity contribution in [2.75, 3.05) is 13.2 Å². The Morgan fingerprint density at radius 2 is 0.839 bits per heavy atom. The Labute approximate surface area is 347 Å². The second-order valence-corrected chi connectivity index (χ2v) is 16.4. The molecule has 2 atom stereocenters. The maximum atomic E-state index is 12.3. The van der Waals surface area contributed by atoms with Crippen LogP contribution in [0.1, 0.15) is 245 Å². The van der Waals surface area contributed by atoms with Gasteiger partial charge in [0.05, 0.1) is 25.4 Å². The maximum absolute atomic E-state index is 12.3. The lowest BCUT2D eigenvalue weighted by molar-refractivity contribution is -0.143. The zero-order valence-electron chi connectivity index (χ0n) is 37.1. The minimum atomic E-state index is -0.859. The van der Waals surface area contributed by atoms with Crippen LogP contribution in [0, 0.1) is 0 Å². The third kappa shape index (κ3) is 41.7. The molecule has 0 saturated carbocycles. The Balaban J connectivity index is 3.49. The van der Waals surface area contributed by atoms with E-state index in [0.29, 0.717) is 19.4 Å². The summed E-state index contributed by atoms with van der Waals surface area (Å²) in [4.78, 5) is 24.4. The lowest BCUT2D eigenvalue weighted by Crippen LogP contribution is -2.45. The topological polar surface area (TPSA) is 95.9 Å². The number of hydrogen-bond donors (Lipinski definition) is 3. The van der Waals surface area contributed by atoms with Crippen molar-refractivity contribution < 1.29 is 24.5 Å². The number of carbonyl (C=O) groups excluding carboxylic acids is 2. The second-order valence-electron chi connectivity index (χ2n) is 16.4. The number of ether oxygens (including phenoxy) is 1. The number of carbonyl (C=O) groups is 2. The average Bonchev–Trinajstić information content (AvgIpc) is 3.20. The summed E-state index contributed by atoms with van der Waals surface area (Å²) >= 11 is 0. The number of aliphatic hydroxyl groups excluding tert-OH is 2. The summed E-state index contributed by atoms with van der Waals surface area (Å²) in [6.07, 6.45) is 54.3. The highest BCUT2D eigenvalue weighted by molar-refractivity contribution is 5.76. The number of hydrogen-bond acceptors (Lipinski definition) is 5. The zero-order valence-corrected chi connectivity index (χ0v) is 37.1. The molecule has 0 aliphatic carbocycles. The summed E-state index contributed by atoms with van der Waals surface area (Å²) in [5, 5.41) is 22.8. The van der Waals surface area contributed by atoms with Crippen molar-refractivity contribution in [3.8, 4) is 0 Å². The highest BCUT2D eigenvalue weighted by Gasteiger charge is 2.18. The van der Waals surface area contributed by atoms with E-state index < -0.39 is 12.1 Å². The van der Waals surface area contributed by atoms with E-state index >= 15 is 0 Å². The van der Waals surface area contributed by atoms with E-state index in [-0.39, 0.29) is 18.5 Å². The average molecular weight is 788 g/mol. The fourth-order valence-electron chi connectivity index (χ4n) is 7.09. The van der Waals surface area contributed by atoms with Crippen LogP contribution in [0.4, 0.5) is 0 Å². The van der Waals surface area contributed by atoms with Crippen molar-refractivity contribution in [2.24, 2.45) is 0 Å². The number of aliphatic hydroxyl groups is 2. The van der Waals surface area contributed by atoms with E-state index in [4.69, 9.17) is 4.74 Å². The van der Waals surface area contributed by atoms with Gasteiger partial charge in [-0.25, -0.2) is 0 Å². The molecule has 3 N–H and O–H groups in total. The molecule has 0 aromatic carbocycles. The van der Waals surface area contributed by atoms with Crippen molar-refractivity contribution in [3.63, 3.8) is 0 Å². The van der Waals surface area contributed by atoms with Gasteiger partial charge in [0.1, 0.15) is 0 Å². The molecule has 0 fully saturated rings. The third-order valence-electron chi connectivity index (χ3n) is 10.9. The molecule has 0 aromatic heterocycles. The van der Waals surface area contributed by atoms with Crippen LogP contribution in [0.3, 0.4) is 0 Å². The number of rotatable bonds is 44. The smallest absolute Gasteiger partial charge is 0.305 e. The minimum Gasteiger partial charge on any atom is -0.466 e. The Hall–Kier alpha value is -1.92. The number of esters is 1. The number of allylic oxidation sites excluding steroid dienone is 5. The first-order chi connectivity index (χ1) is 27.5. The van der Waals surface area contributed by atoms with Crippen molar-refractivity contribution in [3.05, 3.63) is 36.5 Å². The van der Waals surface area contributed by atoms with Crippen molar-refractivity contribution >= 4 is 11.9 Å². The van der Waals surface area contributed by atoms with Crippen LogP contribution in [0.5, 0.6) is 0 Å². The molecule has 6 heteroatoms. The molecule has 1 amide bonds. The Morgan fingerprint density at radius 3 is 1.29 bits per heavy atom. The van der Waals surface area contributed by atoms with E-state index in [1.54, 1.807) is 6.08 Å². The number of unbranched alkanes of at least 4 members (excludes halogenated alkanes) is 29. The molecular formula is C50H93NO5. The van der Waals surface area contributed by atoms with E-state index in [1.165, 1.54) is 148 Å². The van der Waals surface area contributed by atoms with Crippen LogP contribution in [-0.4, -0.2) is 47.4 Å². The molecule has 0 aromatic rings. The number of nitrogens with one attached hydrogen (secondary N) is 1. The van der Waals surface area contributed by atoms with Crippen LogP contribution in [-0.2, 0) is 14.3 Å². The minimum absolute atomic E-state index is 0.0187. The molecule has 0 radical (unpaired) electrons. The molecule has 0 rings (SSSR count). The Morgan fingerprint density at radius 1 is 0.482 bits per heavy atom. The van der Waals surface area contributed by atoms with Gasteiger partial charge in [0.25, 0.3) is 0 Å². The molecule has 0 heterocycles. The fraction of sp³-hybridized carbons (Fsp3) is 0.840. The summed E-state index contributed by atoms with van der Waals surface area (Å²) in [5.74, 6) is -0.121. The molecular weight excluding hydrogens is 695 g/mol. The molecule has 0 saturated heterocycles. The Bertz CT molecular complexity index is 915. The van der Waals surface area contributed by atoms with Crippen molar-refractivity contribution in [1.29, 1.82) is 0 Å². The normalized spacial score (nSPS) is 13.0.